The SMILES string of the molecule is CCCn1c(SC(C)C(=O)N2CC(C)CC(C)C2)n[nH]c1=O. The van der Waals surface area contributed by atoms with Gasteiger partial charge in [-0.1, -0.05) is 32.5 Å². The van der Waals surface area contributed by atoms with Crippen LogP contribution in [0.15, 0.2) is 9.95 Å². The number of carbonyl (C=O) groups excluding carboxylic acids is 1. The number of nitrogens with zero attached hydrogens (tertiary/aromatic N) is 3. The van der Waals surface area contributed by atoms with Crippen LogP contribution in [0.1, 0.15) is 40.5 Å². The molecule has 0 saturated carbocycles. The molecule has 6 nitrogen and oxygen atoms in total. The van der Waals surface area contributed by atoms with Gasteiger partial charge in [0.05, 0.1) is 5.25 Å². The first-order valence-electron chi connectivity index (χ1n) is 8.03. The largest absolute Gasteiger partial charge is 0.343 e. The highest BCUT2D eigenvalue weighted by atomic mass is 32.2. The van der Waals surface area contributed by atoms with Crippen LogP contribution in [0.25, 0.3) is 0 Å². The molecule has 1 aromatic heterocycles. The number of amides is 1. The van der Waals surface area contributed by atoms with Gasteiger partial charge in [0.15, 0.2) is 5.16 Å². The lowest BCUT2D eigenvalue weighted by Crippen LogP contribution is -2.45. The molecule has 1 N–H and O–H groups in total. The topological polar surface area (TPSA) is 71.0 Å². The molecular weight excluding hydrogens is 300 g/mol. The van der Waals surface area contributed by atoms with Crippen molar-refractivity contribution in [3.05, 3.63) is 10.5 Å². The van der Waals surface area contributed by atoms with Crippen LogP contribution < -0.4 is 5.69 Å². The van der Waals surface area contributed by atoms with Gasteiger partial charge in [-0.25, -0.2) is 9.89 Å². The third kappa shape index (κ3) is 3.94. The Balaban J connectivity index is 2.04. The summed E-state index contributed by atoms with van der Waals surface area (Å²) in [6.07, 6.45) is 2.04. The van der Waals surface area contributed by atoms with Gasteiger partial charge < -0.3 is 4.90 Å². The van der Waals surface area contributed by atoms with Crippen LogP contribution in [-0.2, 0) is 11.3 Å². The van der Waals surface area contributed by atoms with Crippen LogP contribution in [0.4, 0.5) is 0 Å². The molecule has 0 spiro atoms. The summed E-state index contributed by atoms with van der Waals surface area (Å²) in [5.74, 6) is 1.24. The highest BCUT2D eigenvalue weighted by Crippen LogP contribution is 2.26. The van der Waals surface area contributed by atoms with Crippen LogP contribution in [-0.4, -0.2) is 43.9 Å². The fourth-order valence-electron chi connectivity index (χ4n) is 3.12. The van der Waals surface area contributed by atoms with E-state index in [1.165, 1.54) is 18.2 Å². The lowest BCUT2D eigenvalue weighted by atomic mass is 9.92. The second-order valence-corrected chi connectivity index (χ2v) is 7.72. The molecule has 3 unspecified atom stereocenters. The molecular formula is C15H26N4O2S. The zero-order valence-corrected chi connectivity index (χ0v) is 14.7. The van der Waals surface area contributed by atoms with E-state index in [1.54, 1.807) is 4.57 Å². The molecule has 3 atom stereocenters. The fraction of sp³-hybridized carbons (Fsp3) is 0.800. The maximum absolute atomic E-state index is 12.6. The van der Waals surface area contributed by atoms with E-state index in [0.29, 0.717) is 23.5 Å². The summed E-state index contributed by atoms with van der Waals surface area (Å²) in [6.45, 7) is 10.6. The monoisotopic (exact) mass is 326 g/mol. The average Bonchev–Trinajstić information content (AvgIpc) is 2.79. The molecule has 1 fully saturated rings. The lowest BCUT2D eigenvalue weighted by Gasteiger charge is -2.36. The van der Waals surface area contributed by atoms with Crippen molar-refractivity contribution in [2.75, 3.05) is 13.1 Å². The molecule has 1 saturated heterocycles. The Morgan fingerprint density at radius 3 is 2.64 bits per heavy atom. The first kappa shape index (κ1) is 17.1. The summed E-state index contributed by atoms with van der Waals surface area (Å²) >= 11 is 1.36. The molecule has 124 valence electrons. The van der Waals surface area contributed by atoms with Gasteiger partial charge in [-0.2, -0.15) is 0 Å². The molecule has 1 aliphatic rings. The Hall–Kier alpha value is -1.24. The number of hydrogen-bond donors (Lipinski definition) is 1. The predicted octanol–water partition coefficient (Wildman–Crippen LogP) is 1.97. The summed E-state index contributed by atoms with van der Waals surface area (Å²) < 4.78 is 1.61. The van der Waals surface area contributed by atoms with Gasteiger partial charge in [0.2, 0.25) is 5.91 Å². The summed E-state index contributed by atoms with van der Waals surface area (Å²) in [4.78, 5) is 26.3. The molecule has 22 heavy (non-hydrogen) atoms. The number of H-pyrrole nitrogens is 1. The minimum atomic E-state index is -0.233. The summed E-state index contributed by atoms with van der Waals surface area (Å²) in [5.41, 5.74) is -0.204. The van der Waals surface area contributed by atoms with Gasteiger partial charge in [0, 0.05) is 19.6 Å². The van der Waals surface area contributed by atoms with E-state index in [4.69, 9.17) is 0 Å². The van der Waals surface area contributed by atoms with E-state index >= 15 is 0 Å². The molecule has 7 heteroatoms. The Morgan fingerprint density at radius 1 is 1.41 bits per heavy atom. The maximum atomic E-state index is 12.6. The standard InChI is InChI=1S/C15H26N4O2S/c1-5-6-19-14(21)16-17-15(19)22-12(4)13(20)18-8-10(2)7-11(3)9-18/h10-12H,5-9H2,1-4H3,(H,16,21). The number of nitrogens with one attached hydrogen (secondary N) is 1. The van der Waals surface area contributed by atoms with Crippen LogP contribution >= 0.6 is 11.8 Å². The zero-order valence-electron chi connectivity index (χ0n) is 13.8. The van der Waals surface area contributed by atoms with Crippen LogP contribution in [0, 0.1) is 11.8 Å². The van der Waals surface area contributed by atoms with Crippen molar-refractivity contribution in [2.24, 2.45) is 11.8 Å². The van der Waals surface area contributed by atoms with Crippen molar-refractivity contribution in [1.29, 1.82) is 0 Å². The summed E-state index contributed by atoms with van der Waals surface area (Å²) in [7, 11) is 0. The quantitative estimate of drug-likeness (QED) is 0.840. The van der Waals surface area contributed by atoms with Gasteiger partial charge in [-0.15, -0.1) is 5.10 Å². The number of aromatic amines is 1. The number of likely N-dealkylation sites (tertiary alicyclic amines) is 1. The van der Waals surface area contributed by atoms with E-state index in [0.717, 1.165) is 19.5 Å². The highest BCUT2D eigenvalue weighted by molar-refractivity contribution is 8.00. The molecule has 1 amide bonds. The average molecular weight is 326 g/mol. The molecule has 0 radical (unpaired) electrons. The van der Waals surface area contributed by atoms with Crippen molar-refractivity contribution in [1.82, 2.24) is 19.7 Å². The lowest BCUT2D eigenvalue weighted by molar-refractivity contribution is -0.132. The van der Waals surface area contributed by atoms with Crippen molar-refractivity contribution < 1.29 is 4.79 Å². The van der Waals surface area contributed by atoms with Gasteiger partial charge in [0.1, 0.15) is 0 Å². The molecule has 2 heterocycles. The van der Waals surface area contributed by atoms with Crippen LogP contribution in [0.2, 0.25) is 0 Å². The molecule has 2 rings (SSSR count). The second-order valence-electron chi connectivity index (χ2n) is 6.41. The number of carbonyl (C=O) groups is 1. The van der Waals surface area contributed by atoms with Gasteiger partial charge in [-0.3, -0.25) is 9.36 Å². The predicted molar refractivity (Wildman–Crippen MR) is 88.0 cm³/mol. The minimum Gasteiger partial charge on any atom is -0.341 e. The summed E-state index contributed by atoms with van der Waals surface area (Å²) in [5, 5.41) is 6.89. The molecule has 0 bridgehead atoms. The second kappa shape index (κ2) is 7.35. The van der Waals surface area contributed by atoms with Crippen LogP contribution in [0.5, 0.6) is 0 Å². The molecule has 0 aliphatic carbocycles. The van der Waals surface area contributed by atoms with E-state index in [2.05, 4.69) is 24.0 Å². The highest BCUT2D eigenvalue weighted by Gasteiger charge is 2.29. The van der Waals surface area contributed by atoms with Crippen molar-refractivity contribution in [3.63, 3.8) is 0 Å². The Labute approximate surface area is 135 Å². The maximum Gasteiger partial charge on any atom is 0.343 e. The third-order valence-corrected chi connectivity index (χ3v) is 5.06. The normalized spacial score (nSPS) is 23.5. The summed E-state index contributed by atoms with van der Waals surface area (Å²) in [6, 6.07) is 0. The van der Waals surface area contributed by atoms with E-state index in [-0.39, 0.29) is 16.8 Å². The van der Waals surface area contributed by atoms with Crippen molar-refractivity contribution in [2.45, 2.75) is 57.5 Å². The number of rotatable bonds is 5. The Bertz CT molecular complexity index is 558. The molecule has 0 aromatic carbocycles. The number of thioether (sulfide) groups is 1. The minimum absolute atomic E-state index is 0.141. The number of aromatic nitrogens is 3. The zero-order chi connectivity index (χ0) is 16.3. The van der Waals surface area contributed by atoms with Gasteiger partial charge in [0.25, 0.3) is 0 Å². The number of hydrogen-bond acceptors (Lipinski definition) is 4. The van der Waals surface area contributed by atoms with Gasteiger partial charge in [-0.05, 0) is 31.6 Å². The van der Waals surface area contributed by atoms with Crippen molar-refractivity contribution >= 4 is 17.7 Å². The molecule has 1 aromatic rings. The van der Waals surface area contributed by atoms with Gasteiger partial charge >= 0.3 is 5.69 Å². The fourth-order valence-corrected chi connectivity index (χ4v) is 4.09. The van der Waals surface area contributed by atoms with E-state index in [9.17, 15) is 9.59 Å². The Morgan fingerprint density at radius 2 is 2.05 bits per heavy atom. The third-order valence-electron chi connectivity index (χ3n) is 3.98. The Kier molecular flexibility index (Phi) is 5.72. The first-order chi connectivity index (χ1) is 10.4. The number of piperidine rings is 1. The molecule has 1 aliphatic heterocycles. The van der Waals surface area contributed by atoms with Crippen molar-refractivity contribution in [3.8, 4) is 0 Å². The smallest absolute Gasteiger partial charge is 0.341 e. The van der Waals surface area contributed by atoms with E-state index in [1.807, 2.05) is 18.7 Å². The van der Waals surface area contributed by atoms with E-state index < -0.39 is 0 Å². The first-order valence-corrected chi connectivity index (χ1v) is 8.91. The van der Waals surface area contributed by atoms with Crippen LogP contribution in [0.3, 0.4) is 0 Å².